The van der Waals surface area contributed by atoms with Crippen molar-refractivity contribution in [1.82, 2.24) is 16.0 Å². The predicted molar refractivity (Wildman–Crippen MR) is 114 cm³/mol. The van der Waals surface area contributed by atoms with Crippen LogP contribution < -0.4 is 20.7 Å². The second kappa shape index (κ2) is 11.2. The van der Waals surface area contributed by atoms with E-state index >= 15 is 0 Å². The first-order valence-corrected chi connectivity index (χ1v) is 9.63. The number of carbonyl (C=O) groups excluding carboxylic acids is 1. The molecule has 2 aromatic rings. The van der Waals surface area contributed by atoms with E-state index in [1.165, 1.54) is 0 Å². The van der Waals surface area contributed by atoms with Crippen LogP contribution in [0.3, 0.4) is 0 Å². The fourth-order valence-corrected chi connectivity index (χ4v) is 2.65. The van der Waals surface area contributed by atoms with E-state index in [0.29, 0.717) is 36.2 Å². The van der Waals surface area contributed by atoms with Gasteiger partial charge in [0.25, 0.3) is 5.91 Å². The number of hydrogen-bond donors (Lipinski definition) is 3. The molecule has 0 heterocycles. The molecule has 150 valence electrons. The molecule has 1 atom stereocenters. The number of aliphatic imine (C=N–C) groups is 1. The number of nitrogens with one attached hydrogen (secondary N) is 3. The Kier molecular flexibility index (Phi) is 8.62. The van der Waals surface area contributed by atoms with Crippen LogP contribution in [0.4, 0.5) is 0 Å². The quantitative estimate of drug-likeness (QED) is 0.468. The Morgan fingerprint density at radius 3 is 2.57 bits per heavy atom. The van der Waals surface area contributed by atoms with Crippen molar-refractivity contribution in [2.45, 2.75) is 26.5 Å². The Bertz CT molecular complexity index is 793. The Morgan fingerprint density at radius 1 is 1.14 bits per heavy atom. The summed E-state index contributed by atoms with van der Waals surface area (Å²) in [5, 5.41) is 9.97. The normalized spacial score (nSPS) is 12.2. The highest BCUT2D eigenvalue weighted by Gasteiger charge is 2.07. The van der Waals surface area contributed by atoms with Crippen molar-refractivity contribution >= 4 is 23.5 Å². The molecule has 1 amide bonds. The lowest BCUT2D eigenvalue weighted by atomic mass is 10.1. The smallest absolute Gasteiger partial charge is 0.251 e. The monoisotopic (exact) mass is 402 g/mol. The minimum absolute atomic E-state index is 0.0548. The van der Waals surface area contributed by atoms with Crippen molar-refractivity contribution in [3.05, 3.63) is 64.7 Å². The van der Waals surface area contributed by atoms with Gasteiger partial charge in [0.15, 0.2) is 5.96 Å². The van der Waals surface area contributed by atoms with Crippen LogP contribution in [0.5, 0.6) is 5.75 Å². The average Bonchev–Trinajstić information content (AvgIpc) is 2.70. The lowest BCUT2D eigenvalue weighted by molar-refractivity contribution is 0.0955. The molecule has 0 aromatic heterocycles. The SMILES string of the molecule is CCNC(=O)c1cccc(CNC(=NC)NCC(C)Oc2ccc(Cl)cc2)c1. The van der Waals surface area contributed by atoms with Gasteiger partial charge in [-0.25, -0.2) is 0 Å². The summed E-state index contributed by atoms with van der Waals surface area (Å²) in [5.74, 6) is 1.36. The maximum Gasteiger partial charge on any atom is 0.251 e. The Morgan fingerprint density at radius 2 is 1.89 bits per heavy atom. The van der Waals surface area contributed by atoms with Gasteiger partial charge in [0.2, 0.25) is 0 Å². The summed E-state index contributed by atoms with van der Waals surface area (Å²) in [7, 11) is 1.71. The molecular formula is C21H27ClN4O2. The number of nitrogens with zero attached hydrogens (tertiary/aromatic N) is 1. The summed E-state index contributed by atoms with van der Waals surface area (Å²) in [6.07, 6.45) is -0.0548. The molecular weight excluding hydrogens is 376 g/mol. The lowest BCUT2D eigenvalue weighted by Gasteiger charge is -2.18. The van der Waals surface area contributed by atoms with E-state index < -0.39 is 0 Å². The Hall–Kier alpha value is -2.73. The van der Waals surface area contributed by atoms with Crippen molar-refractivity contribution < 1.29 is 9.53 Å². The third-order valence-corrected chi connectivity index (χ3v) is 4.17. The molecule has 0 aliphatic carbocycles. The fourth-order valence-electron chi connectivity index (χ4n) is 2.52. The van der Waals surface area contributed by atoms with Gasteiger partial charge in [-0.15, -0.1) is 0 Å². The van der Waals surface area contributed by atoms with Gasteiger partial charge in [0.1, 0.15) is 11.9 Å². The van der Waals surface area contributed by atoms with Crippen LogP contribution >= 0.6 is 11.6 Å². The van der Waals surface area contributed by atoms with Crippen LogP contribution in [0, 0.1) is 0 Å². The molecule has 7 heteroatoms. The van der Waals surface area contributed by atoms with Crippen molar-refractivity contribution in [3.8, 4) is 5.75 Å². The maximum atomic E-state index is 11.9. The van der Waals surface area contributed by atoms with Gasteiger partial charge in [0, 0.05) is 30.7 Å². The minimum atomic E-state index is -0.0694. The van der Waals surface area contributed by atoms with E-state index in [-0.39, 0.29) is 12.0 Å². The van der Waals surface area contributed by atoms with E-state index in [1.807, 2.05) is 44.2 Å². The van der Waals surface area contributed by atoms with Gasteiger partial charge >= 0.3 is 0 Å². The third kappa shape index (κ3) is 7.12. The lowest BCUT2D eigenvalue weighted by Crippen LogP contribution is -2.41. The molecule has 28 heavy (non-hydrogen) atoms. The second-order valence-electron chi connectivity index (χ2n) is 6.25. The minimum Gasteiger partial charge on any atom is -0.489 e. The summed E-state index contributed by atoms with van der Waals surface area (Å²) in [6.45, 7) is 5.62. The molecule has 3 N–H and O–H groups in total. The average molecular weight is 403 g/mol. The summed E-state index contributed by atoms with van der Waals surface area (Å²) in [5.41, 5.74) is 1.64. The molecule has 0 aliphatic rings. The molecule has 6 nitrogen and oxygen atoms in total. The van der Waals surface area contributed by atoms with E-state index in [9.17, 15) is 4.79 Å². The summed E-state index contributed by atoms with van der Waals surface area (Å²) < 4.78 is 5.84. The highest BCUT2D eigenvalue weighted by atomic mass is 35.5. The molecule has 2 aromatic carbocycles. The molecule has 2 rings (SSSR count). The highest BCUT2D eigenvalue weighted by molar-refractivity contribution is 6.30. The molecule has 0 radical (unpaired) electrons. The van der Waals surface area contributed by atoms with E-state index in [4.69, 9.17) is 16.3 Å². The van der Waals surface area contributed by atoms with Gasteiger partial charge < -0.3 is 20.7 Å². The zero-order valence-electron chi connectivity index (χ0n) is 16.5. The van der Waals surface area contributed by atoms with Crippen LogP contribution in [-0.4, -0.2) is 38.1 Å². The summed E-state index contributed by atoms with van der Waals surface area (Å²) in [4.78, 5) is 16.2. The van der Waals surface area contributed by atoms with Gasteiger partial charge in [0.05, 0.1) is 6.54 Å². The molecule has 0 spiro atoms. The van der Waals surface area contributed by atoms with Gasteiger partial charge in [-0.1, -0.05) is 23.7 Å². The first kappa shape index (κ1) is 21.6. The van der Waals surface area contributed by atoms with Crippen molar-refractivity contribution in [2.24, 2.45) is 4.99 Å². The van der Waals surface area contributed by atoms with E-state index in [2.05, 4.69) is 20.9 Å². The number of halogens is 1. The second-order valence-corrected chi connectivity index (χ2v) is 6.69. The molecule has 1 unspecified atom stereocenters. The zero-order valence-corrected chi connectivity index (χ0v) is 17.2. The molecule has 0 fully saturated rings. The predicted octanol–water partition coefficient (Wildman–Crippen LogP) is 3.22. The van der Waals surface area contributed by atoms with Crippen LogP contribution in [-0.2, 0) is 6.54 Å². The third-order valence-electron chi connectivity index (χ3n) is 3.92. The van der Waals surface area contributed by atoms with E-state index in [0.717, 1.165) is 11.3 Å². The largest absolute Gasteiger partial charge is 0.489 e. The number of rotatable bonds is 8. The number of carbonyl (C=O) groups is 1. The van der Waals surface area contributed by atoms with Crippen molar-refractivity contribution in [1.29, 1.82) is 0 Å². The standard InChI is InChI=1S/C21H27ClN4O2/c1-4-24-20(27)17-7-5-6-16(12-17)14-26-21(23-3)25-13-15(2)28-19-10-8-18(22)9-11-19/h5-12,15H,4,13-14H2,1-3H3,(H,24,27)(H2,23,25,26). The Balaban J connectivity index is 1.82. The van der Waals surface area contributed by atoms with Crippen LogP contribution in [0.25, 0.3) is 0 Å². The van der Waals surface area contributed by atoms with Gasteiger partial charge in [-0.2, -0.15) is 0 Å². The maximum absolute atomic E-state index is 11.9. The first-order valence-electron chi connectivity index (χ1n) is 9.25. The molecule has 0 saturated carbocycles. The molecule has 0 bridgehead atoms. The van der Waals surface area contributed by atoms with Crippen LogP contribution in [0.1, 0.15) is 29.8 Å². The van der Waals surface area contributed by atoms with E-state index in [1.54, 1.807) is 25.2 Å². The fraction of sp³-hybridized carbons (Fsp3) is 0.333. The topological polar surface area (TPSA) is 74.8 Å². The van der Waals surface area contributed by atoms with Crippen molar-refractivity contribution in [2.75, 3.05) is 20.1 Å². The number of amides is 1. The molecule has 0 saturated heterocycles. The van der Waals surface area contributed by atoms with Gasteiger partial charge in [-0.3, -0.25) is 9.79 Å². The van der Waals surface area contributed by atoms with Gasteiger partial charge in [-0.05, 0) is 55.8 Å². The first-order chi connectivity index (χ1) is 13.5. The Labute approximate surface area is 171 Å². The number of guanidine groups is 1. The number of hydrogen-bond acceptors (Lipinski definition) is 3. The van der Waals surface area contributed by atoms with Crippen LogP contribution in [0.15, 0.2) is 53.5 Å². The summed E-state index contributed by atoms with van der Waals surface area (Å²) in [6, 6.07) is 14.8. The molecule has 0 aliphatic heterocycles. The number of benzene rings is 2. The highest BCUT2D eigenvalue weighted by Crippen LogP contribution is 2.16. The zero-order chi connectivity index (χ0) is 20.4. The number of ether oxygens (including phenoxy) is 1. The van der Waals surface area contributed by atoms with Crippen molar-refractivity contribution in [3.63, 3.8) is 0 Å². The van der Waals surface area contributed by atoms with Crippen LogP contribution in [0.2, 0.25) is 5.02 Å². The summed E-state index contributed by atoms with van der Waals surface area (Å²) >= 11 is 5.88.